The van der Waals surface area contributed by atoms with E-state index in [1.165, 1.54) is 17.8 Å². The van der Waals surface area contributed by atoms with Crippen LogP contribution in [0.1, 0.15) is 65.2 Å². The van der Waals surface area contributed by atoms with Gasteiger partial charge in [-0.05, 0) is 36.3 Å². The van der Waals surface area contributed by atoms with Crippen molar-refractivity contribution in [1.29, 1.82) is 0 Å². The summed E-state index contributed by atoms with van der Waals surface area (Å²) in [6.07, 6.45) is -1.44. The van der Waals surface area contributed by atoms with Crippen LogP contribution < -0.4 is 5.73 Å². The number of carbonyl (C=O) groups excluding carboxylic acids is 1. The van der Waals surface area contributed by atoms with Gasteiger partial charge in [0.25, 0.3) is 10.1 Å². The van der Waals surface area contributed by atoms with Crippen molar-refractivity contribution in [2.75, 3.05) is 6.61 Å². The van der Waals surface area contributed by atoms with Crippen molar-refractivity contribution in [2.24, 2.45) is 5.73 Å². The molecule has 4 atom stereocenters. The molecule has 2 N–H and O–H groups in total. The van der Waals surface area contributed by atoms with Gasteiger partial charge < -0.3 is 19.3 Å². The minimum atomic E-state index is -4.12. The first-order chi connectivity index (χ1) is 16.5. The molecule has 1 aromatic heterocycles. The zero-order valence-electron chi connectivity index (χ0n) is 23.8. The Morgan fingerprint density at radius 1 is 1.14 bits per heavy atom. The van der Waals surface area contributed by atoms with E-state index in [1.54, 1.807) is 0 Å². The van der Waals surface area contributed by atoms with Gasteiger partial charge in [-0.3, -0.25) is 4.79 Å². The maximum atomic E-state index is 12.8. The average molecular weight is 575 g/mol. The normalized spacial score (nSPS) is 28.6. The van der Waals surface area contributed by atoms with Crippen LogP contribution in [-0.2, 0) is 27.9 Å². The lowest BCUT2D eigenvalue weighted by molar-refractivity contribution is -0.0595. The molecule has 1 saturated heterocycles. The highest BCUT2D eigenvalue weighted by Gasteiger charge is 2.67. The van der Waals surface area contributed by atoms with Crippen LogP contribution in [0, 0.1) is 0 Å². The lowest BCUT2D eigenvalue weighted by atomic mass is 9.89. The SMILES string of the molecule is CC(=O)c1cn(C2OC(CO[Si](C)(C)C(C)(C)C)C3(OS(=O)(=O)C=C3N)C2O[Si](C)(C)C(C)(C)C)nn1. The third kappa shape index (κ3) is 5.51. The molecule has 37 heavy (non-hydrogen) atoms. The largest absolute Gasteiger partial charge is 0.414 e. The third-order valence-electron chi connectivity index (χ3n) is 8.20. The Bertz CT molecular complexity index is 1180. The molecule has 1 aromatic rings. The van der Waals surface area contributed by atoms with Gasteiger partial charge in [0, 0.05) is 6.92 Å². The van der Waals surface area contributed by atoms with E-state index in [-0.39, 0.29) is 33.9 Å². The maximum absolute atomic E-state index is 12.8. The van der Waals surface area contributed by atoms with Crippen LogP contribution in [0.15, 0.2) is 17.3 Å². The topological polar surface area (TPSA) is 145 Å². The first kappa shape index (κ1) is 30.1. The van der Waals surface area contributed by atoms with E-state index in [4.69, 9.17) is 23.5 Å². The summed E-state index contributed by atoms with van der Waals surface area (Å²) in [5, 5.41) is 8.67. The Kier molecular flexibility index (Phi) is 7.61. The van der Waals surface area contributed by atoms with Crippen LogP contribution in [0.4, 0.5) is 0 Å². The van der Waals surface area contributed by atoms with E-state index in [0.717, 1.165) is 5.41 Å². The predicted octanol–water partition coefficient (Wildman–Crippen LogP) is 3.69. The Hall–Kier alpha value is -1.43. The Morgan fingerprint density at radius 3 is 2.14 bits per heavy atom. The van der Waals surface area contributed by atoms with Crippen molar-refractivity contribution < 1.29 is 31.0 Å². The van der Waals surface area contributed by atoms with Gasteiger partial charge >= 0.3 is 0 Å². The molecule has 0 aliphatic carbocycles. The van der Waals surface area contributed by atoms with Crippen LogP contribution in [0.2, 0.25) is 36.3 Å². The van der Waals surface area contributed by atoms with E-state index in [2.05, 4.69) is 64.9 Å². The second-order valence-electron chi connectivity index (χ2n) is 13.0. The highest BCUT2D eigenvalue weighted by Crippen LogP contribution is 2.52. The molecule has 1 fully saturated rings. The fourth-order valence-corrected chi connectivity index (χ4v) is 7.27. The number of nitrogens with zero attached hydrogens (tertiary/aromatic N) is 3. The summed E-state index contributed by atoms with van der Waals surface area (Å²) in [6, 6.07) is 0. The fraction of sp³-hybridized carbons (Fsp3) is 0.783. The molecule has 4 unspecified atom stereocenters. The summed E-state index contributed by atoms with van der Waals surface area (Å²) in [5.74, 6) is -0.266. The van der Waals surface area contributed by atoms with Crippen molar-refractivity contribution in [3.8, 4) is 0 Å². The van der Waals surface area contributed by atoms with Crippen molar-refractivity contribution in [2.45, 2.75) is 109 Å². The second-order valence-corrected chi connectivity index (χ2v) is 23.9. The Labute approximate surface area is 222 Å². The molecule has 0 aromatic carbocycles. The van der Waals surface area contributed by atoms with Gasteiger partial charge in [-0.15, -0.1) is 5.10 Å². The van der Waals surface area contributed by atoms with Gasteiger partial charge in [-0.1, -0.05) is 46.8 Å². The second kappa shape index (κ2) is 9.35. The molecule has 0 saturated carbocycles. The zero-order chi connectivity index (χ0) is 28.4. The summed E-state index contributed by atoms with van der Waals surface area (Å²) in [5.41, 5.74) is 4.90. The summed E-state index contributed by atoms with van der Waals surface area (Å²) >= 11 is 0. The van der Waals surface area contributed by atoms with Crippen molar-refractivity contribution in [1.82, 2.24) is 15.0 Å². The summed E-state index contributed by atoms with van der Waals surface area (Å²) in [4.78, 5) is 11.9. The van der Waals surface area contributed by atoms with Crippen molar-refractivity contribution in [3.63, 3.8) is 0 Å². The highest BCUT2D eigenvalue weighted by molar-refractivity contribution is 7.90. The molecular formula is C23H42N4O7SSi2. The Balaban J connectivity index is 2.16. The first-order valence-electron chi connectivity index (χ1n) is 12.4. The third-order valence-corrected chi connectivity index (χ3v) is 18.2. The highest BCUT2D eigenvalue weighted by atomic mass is 32.2. The molecule has 14 heteroatoms. The maximum Gasteiger partial charge on any atom is 0.292 e. The number of carbonyl (C=O) groups is 1. The summed E-state index contributed by atoms with van der Waals surface area (Å²) in [6.45, 7) is 22.2. The number of aromatic nitrogens is 3. The lowest BCUT2D eigenvalue weighted by Crippen LogP contribution is -2.59. The molecular weight excluding hydrogens is 533 g/mol. The van der Waals surface area contributed by atoms with Gasteiger partial charge in [0.05, 0.1) is 23.9 Å². The number of hydrogen-bond acceptors (Lipinski definition) is 10. The fourth-order valence-electron chi connectivity index (χ4n) is 3.77. The number of rotatable bonds is 7. The lowest BCUT2D eigenvalue weighted by Gasteiger charge is -2.43. The van der Waals surface area contributed by atoms with Crippen LogP contribution in [0.3, 0.4) is 0 Å². The number of ether oxygens (including phenoxy) is 1. The molecule has 2 aliphatic rings. The Morgan fingerprint density at radius 2 is 1.70 bits per heavy atom. The summed E-state index contributed by atoms with van der Waals surface area (Å²) in [7, 11) is -8.93. The van der Waals surface area contributed by atoms with Crippen LogP contribution in [-0.4, -0.2) is 70.2 Å². The molecule has 0 amide bonds. The van der Waals surface area contributed by atoms with Crippen molar-refractivity contribution in [3.05, 3.63) is 23.0 Å². The molecule has 3 rings (SSSR count). The van der Waals surface area contributed by atoms with Crippen molar-refractivity contribution >= 4 is 32.5 Å². The minimum Gasteiger partial charge on any atom is -0.414 e. The first-order valence-corrected chi connectivity index (χ1v) is 19.7. The van der Waals surface area contributed by atoms with E-state index < -0.39 is 50.8 Å². The number of Topliss-reactive ketones (excluding diaryl/α,β-unsaturated/α-hetero) is 1. The smallest absolute Gasteiger partial charge is 0.292 e. The molecule has 2 aliphatic heterocycles. The number of hydrogen-bond donors (Lipinski definition) is 1. The molecule has 0 radical (unpaired) electrons. The quantitative estimate of drug-likeness (QED) is 0.291. The zero-order valence-corrected chi connectivity index (χ0v) is 26.6. The number of nitrogens with two attached hydrogens (primary N) is 1. The number of ketones is 1. The van der Waals surface area contributed by atoms with Gasteiger partial charge in [-0.2, -0.15) is 8.42 Å². The van der Waals surface area contributed by atoms with Gasteiger partial charge in [0.2, 0.25) is 0 Å². The van der Waals surface area contributed by atoms with E-state index in [9.17, 15) is 13.2 Å². The van der Waals surface area contributed by atoms with Gasteiger partial charge in [-0.25, -0.2) is 8.86 Å². The van der Waals surface area contributed by atoms with E-state index in [1.807, 2.05) is 13.1 Å². The standard InChI is InChI=1S/C23H42N4O7SSi2/c1-15(28)16-12-27(26-25-16)20-19(33-37(10,11)22(5,6)7)23(17(24)14-35(29,30)34-23)18(32-20)13-31-36(8,9)21(2,3)4/h12,14,18-20H,13,24H2,1-11H3. The molecule has 0 bridgehead atoms. The predicted molar refractivity (Wildman–Crippen MR) is 144 cm³/mol. The monoisotopic (exact) mass is 574 g/mol. The molecule has 210 valence electrons. The van der Waals surface area contributed by atoms with Crippen LogP contribution in [0.5, 0.6) is 0 Å². The van der Waals surface area contributed by atoms with E-state index >= 15 is 0 Å². The van der Waals surface area contributed by atoms with Gasteiger partial charge in [0.15, 0.2) is 34.2 Å². The molecule has 11 nitrogen and oxygen atoms in total. The van der Waals surface area contributed by atoms with Gasteiger partial charge in [0.1, 0.15) is 17.9 Å². The van der Waals surface area contributed by atoms with Crippen LogP contribution in [0.25, 0.3) is 0 Å². The summed E-state index contributed by atoms with van der Waals surface area (Å²) < 4.78 is 52.4. The van der Waals surface area contributed by atoms with E-state index in [0.29, 0.717) is 0 Å². The van der Waals surface area contributed by atoms with Crippen LogP contribution >= 0.6 is 0 Å². The minimum absolute atomic E-state index is 0.0190. The molecule has 3 heterocycles. The molecule has 1 spiro atoms. The average Bonchev–Trinajstić information content (AvgIpc) is 3.35.